The van der Waals surface area contributed by atoms with Gasteiger partial charge in [-0.3, -0.25) is 9.69 Å². The molecule has 0 unspecified atom stereocenters. The highest BCUT2D eigenvalue weighted by molar-refractivity contribution is 5.93. The van der Waals surface area contributed by atoms with Crippen molar-refractivity contribution in [3.05, 3.63) is 58.7 Å². The molecule has 1 fully saturated rings. The first-order valence-electron chi connectivity index (χ1n) is 10.1. The summed E-state index contributed by atoms with van der Waals surface area (Å²) in [5, 5.41) is 4.47. The molecule has 1 amide bonds. The highest BCUT2D eigenvalue weighted by atomic mass is 16.3. The monoisotopic (exact) mass is 379 g/mol. The van der Waals surface area contributed by atoms with Crippen LogP contribution in [0.3, 0.4) is 0 Å². The summed E-state index contributed by atoms with van der Waals surface area (Å²) in [6.07, 6.45) is 4.12. The van der Waals surface area contributed by atoms with Crippen molar-refractivity contribution in [2.24, 2.45) is 0 Å². The molecular formula is C23H29N3O2. The number of benzene rings is 1. The average molecular weight is 380 g/mol. The van der Waals surface area contributed by atoms with Gasteiger partial charge in [-0.25, -0.2) is 0 Å². The number of rotatable bonds is 5. The number of fused-ring (bicyclic) bond motifs is 1. The largest absolute Gasteiger partial charge is 0.468 e. The van der Waals surface area contributed by atoms with E-state index in [9.17, 15) is 4.79 Å². The Morgan fingerprint density at radius 1 is 1.18 bits per heavy atom. The van der Waals surface area contributed by atoms with E-state index in [1.54, 1.807) is 6.26 Å². The van der Waals surface area contributed by atoms with Crippen molar-refractivity contribution in [3.63, 3.8) is 0 Å². The summed E-state index contributed by atoms with van der Waals surface area (Å²) in [5.41, 5.74) is 5.82. The number of nitrogens with one attached hydrogen (secondary N) is 2. The number of hydrogen-bond donors (Lipinski definition) is 2. The van der Waals surface area contributed by atoms with Crippen LogP contribution in [0.25, 0.3) is 10.9 Å². The molecule has 5 nitrogen and oxygen atoms in total. The first-order valence-corrected chi connectivity index (χ1v) is 10.1. The number of furan rings is 1. The second-order valence-corrected chi connectivity index (χ2v) is 8.05. The molecule has 28 heavy (non-hydrogen) atoms. The van der Waals surface area contributed by atoms with Gasteiger partial charge in [0.15, 0.2) is 0 Å². The zero-order valence-electron chi connectivity index (χ0n) is 17.0. The van der Waals surface area contributed by atoms with Gasteiger partial charge in [-0.15, -0.1) is 0 Å². The zero-order valence-corrected chi connectivity index (χ0v) is 17.0. The Balaban J connectivity index is 1.36. The molecule has 1 aromatic carbocycles. The van der Waals surface area contributed by atoms with Crippen LogP contribution >= 0.6 is 0 Å². The lowest BCUT2D eigenvalue weighted by molar-refractivity contribution is -0.121. The second kappa shape index (κ2) is 7.84. The standard InChI is InChI=1S/C23H29N3O2/c1-15-6-7-16(2)23-22(15)20(17(3)24-23)13-21(27)25-18-8-10-26(11-9-18)14-19-5-4-12-28-19/h4-7,12,18,24H,8-11,13-14H2,1-3H3,(H,25,27). The minimum atomic E-state index is 0.120. The third kappa shape index (κ3) is 3.85. The Labute approximate surface area is 166 Å². The third-order valence-corrected chi connectivity index (χ3v) is 5.94. The van der Waals surface area contributed by atoms with E-state index in [0.717, 1.165) is 55.0 Å². The van der Waals surface area contributed by atoms with E-state index in [1.807, 2.05) is 12.1 Å². The number of carbonyl (C=O) groups excluding carboxylic acids is 1. The highest BCUT2D eigenvalue weighted by Crippen LogP contribution is 2.28. The van der Waals surface area contributed by atoms with Gasteiger partial charge in [-0.05, 0) is 62.4 Å². The van der Waals surface area contributed by atoms with Crippen molar-refractivity contribution < 1.29 is 9.21 Å². The molecule has 1 aliphatic heterocycles. The Hall–Kier alpha value is -2.53. The van der Waals surface area contributed by atoms with Gasteiger partial charge in [-0.2, -0.15) is 0 Å². The predicted molar refractivity (Wildman–Crippen MR) is 111 cm³/mol. The molecule has 148 valence electrons. The van der Waals surface area contributed by atoms with Gasteiger partial charge in [0.25, 0.3) is 0 Å². The van der Waals surface area contributed by atoms with Crippen molar-refractivity contribution in [3.8, 4) is 0 Å². The van der Waals surface area contributed by atoms with Crippen LogP contribution in [-0.2, 0) is 17.8 Å². The molecule has 0 radical (unpaired) electrons. The van der Waals surface area contributed by atoms with Crippen LogP contribution in [0.4, 0.5) is 0 Å². The molecule has 0 aliphatic carbocycles. The van der Waals surface area contributed by atoms with Crippen molar-refractivity contribution in [1.82, 2.24) is 15.2 Å². The number of likely N-dealkylation sites (tertiary alicyclic amines) is 1. The Kier molecular flexibility index (Phi) is 5.27. The molecule has 1 aliphatic rings. The first-order chi connectivity index (χ1) is 13.5. The van der Waals surface area contributed by atoms with Crippen LogP contribution in [0, 0.1) is 20.8 Å². The summed E-state index contributed by atoms with van der Waals surface area (Å²) in [6, 6.07) is 8.47. The number of aromatic amines is 1. The second-order valence-electron chi connectivity index (χ2n) is 8.05. The molecule has 3 heterocycles. The number of piperidine rings is 1. The highest BCUT2D eigenvalue weighted by Gasteiger charge is 2.22. The quantitative estimate of drug-likeness (QED) is 0.704. The number of amides is 1. The van der Waals surface area contributed by atoms with E-state index in [-0.39, 0.29) is 11.9 Å². The smallest absolute Gasteiger partial charge is 0.224 e. The van der Waals surface area contributed by atoms with E-state index in [1.165, 1.54) is 16.5 Å². The molecule has 2 N–H and O–H groups in total. The fourth-order valence-electron chi connectivity index (χ4n) is 4.33. The predicted octanol–water partition coefficient (Wildman–Crippen LogP) is 4.01. The van der Waals surface area contributed by atoms with Gasteiger partial charge in [0.05, 0.1) is 19.2 Å². The summed E-state index contributed by atoms with van der Waals surface area (Å²) in [4.78, 5) is 18.6. The fraction of sp³-hybridized carbons (Fsp3) is 0.435. The van der Waals surface area contributed by atoms with E-state index in [4.69, 9.17) is 4.42 Å². The molecule has 3 aromatic rings. The van der Waals surface area contributed by atoms with Gasteiger partial charge in [-0.1, -0.05) is 12.1 Å². The van der Waals surface area contributed by atoms with Gasteiger partial charge < -0.3 is 14.7 Å². The number of nitrogens with zero attached hydrogens (tertiary/aromatic N) is 1. The SMILES string of the molecule is Cc1[nH]c2c(C)ccc(C)c2c1CC(=O)NC1CCN(Cc2ccco2)CC1. The maximum absolute atomic E-state index is 12.8. The molecule has 0 bridgehead atoms. The van der Waals surface area contributed by atoms with Crippen molar-refractivity contribution in [2.75, 3.05) is 13.1 Å². The normalized spacial score (nSPS) is 16.0. The van der Waals surface area contributed by atoms with Crippen LogP contribution in [0.1, 0.15) is 41.0 Å². The van der Waals surface area contributed by atoms with Crippen LogP contribution in [-0.4, -0.2) is 34.9 Å². The van der Waals surface area contributed by atoms with Crippen molar-refractivity contribution in [2.45, 2.75) is 52.6 Å². The summed E-state index contributed by atoms with van der Waals surface area (Å²) in [7, 11) is 0. The molecule has 0 atom stereocenters. The number of hydrogen-bond acceptors (Lipinski definition) is 3. The number of H-pyrrole nitrogens is 1. The molecule has 4 rings (SSSR count). The van der Waals surface area contributed by atoms with E-state index < -0.39 is 0 Å². The number of aromatic nitrogens is 1. The summed E-state index contributed by atoms with van der Waals surface area (Å²) >= 11 is 0. The van der Waals surface area contributed by atoms with Gasteiger partial charge in [0.1, 0.15) is 5.76 Å². The lowest BCUT2D eigenvalue weighted by atomic mass is 10.00. The van der Waals surface area contributed by atoms with Crippen LogP contribution in [0.2, 0.25) is 0 Å². The summed E-state index contributed by atoms with van der Waals surface area (Å²) < 4.78 is 5.44. The van der Waals surface area contributed by atoms with E-state index in [2.05, 4.69) is 48.1 Å². The summed E-state index contributed by atoms with van der Waals surface area (Å²) in [6.45, 7) is 9.10. The van der Waals surface area contributed by atoms with E-state index >= 15 is 0 Å². The molecule has 0 saturated carbocycles. The maximum atomic E-state index is 12.8. The number of carbonyl (C=O) groups is 1. The lowest BCUT2D eigenvalue weighted by Gasteiger charge is -2.31. The van der Waals surface area contributed by atoms with Crippen LogP contribution < -0.4 is 5.32 Å². The lowest BCUT2D eigenvalue weighted by Crippen LogP contribution is -2.44. The molecular weight excluding hydrogens is 350 g/mol. The topological polar surface area (TPSA) is 61.3 Å². The first kappa shape index (κ1) is 18.8. The zero-order chi connectivity index (χ0) is 19.7. The van der Waals surface area contributed by atoms with Crippen LogP contribution in [0.15, 0.2) is 34.9 Å². The van der Waals surface area contributed by atoms with Gasteiger partial charge in [0, 0.05) is 35.7 Å². The fourth-order valence-corrected chi connectivity index (χ4v) is 4.33. The van der Waals surface area contributed by atoms with E-state index in [0.29, 0.717) is 6.42 Å². The molecule has 5 heteroatoms. The maximum Gasteiger partial charge on any atom is 0.224 e. The Bertz CT molecular complexity index is 964. The van der Waals surface area contributed by atoms with Crippen LogP contribution in [0.5, 0.6) is 0 Å². The van der Waals surface area contributed by atoms with Gasteiger partial charge >= 0.3 is 0 Å². The minimum absolute atomic E-state index is 0.120. The van der Waals surface area contributed by atoms with Crippen molar-refractivity contribution in [1.29, 1.82) is 0 Å². The summed E-state index contributed by atoms with van der Waals surface area (Å²) in [5.74, 6) is 1.12. The molecule has 1 saturated heterocycles. The van der Waals surface area contributed by atoms with Gasteiger partial charge in [0.2, 0.25) is 5.91 Å². The average Bonchev–Trinajstić information content (AvgIpc) is 3.29. The minimum Gasteiger partial charge on any atom is -0.468 e. The number of aryl methyl sites for hydroxylation is 3. The third-order valence-electron chi connectivity index (χ3n) is 5.94. The Morgan fingerprint density at radius 2 is 1.93 bits per heavy atom. The van der Waals surface area contributed by atoms with Crippen molar-refractivity contribution >= 4 is 16.8 Å². The molecule has 0 spiro atoms. The Morgan fingerprint density at radius 3 is 2.64 bits per heavy atom. The molecule has 2 aromatic heterocycles.